The van der Waals surface area contributed by atoms with Crippen molar-refractivity contribution in [3.63, 3.8) is 0 Å². The summed E-state index contributed by atoms with van der Waals surface area (Å²) in [5.41, 5.74) is 0. The Morgan fingerprint density at radius 1 is 1.12 bits per heavy atom. The molecule has 0 spiro atoms. The minimum absolute atomic E-state index is 0.788. The molecule has 2 atom stereocenters. The normalized spacial score (nSPS) is 31.9. The number of fused-ring (bicyclic) bond motifs is 1. The Morgan fingerprint density at radius 3 is 2.81 bits per heavy atom. The van der Waals surface area contributed by atoms with Crippen LogP contribution in [0.3, 0.4) is 0 Å². The maximum atomic E-state index is 2.74. The molecule has 0 aromatic rings. The third-order valence-electron chi connectivity index (χ3n) is 4.37. The molecular weight excluding hydrogens is 196 g/mol. The van der Waals surface area contributed by atoms with Crippen LogP contribution in [0.2, 0.25) is 0 Å². The second kappa shape index (κ2) is 6.02. The molecule has 0 aromatic heterocycles. The summed E-state index contributed by atoms with van der Waals surface area (Å²) in [4.78, 5) is 5.45. The standard InChI is InChI=1S/C14H28N2/c1-3-4-5-6-9-15-12-14-8-7-10-16(14)11-13(15)2/h13-14H,3-12H2,1-2H3. The summed E-state index contributed by atoms with van der Waals surface area (Å²) in [5.74, 6) is 0. The van der Waals surface area contributed by atoms with Gasteiger partial charge < -0.3 is 0 Å². The van der Waals surface area contributed by atoms with E-state index in [1.165, 1.54) is 64.7 Å². The highest BCUT2D eigenvalue weighted by Crippen LogP contribution is 2.24. The summed E-state index contributed by atoms with van der Waals surface area (Å²) in [5, 5.41) is 0. The van der Waals surface area contributed by atoms with E-state index >= 15 is 0 Å². The molecule has 2 aliphatic heterocycles. The third-order valence-corrected chi connectivity index (χ3v) is 4.37. The van der Waals surface area contributed by atoms with E-state index in [4.69, 9.17) is 0 Å². The fourth-order valence-corrected chi connectivity index (χ4v) is 3.30. The molecular formula is C14H28N2. The Kier molecular flexibility index (Phi) is 4.66. The van der Waals surface area contributed by atoms with Gasteiger partial charge in [-0.15, -0.1) is 0 Å². The first-order valence-corrected chi connectivity index (χ1v) is 7.29. The molecule has 2 unspecified atom stereocenters. The average Bonchev–Trinajstić information content (AvgIpc) is 2.71. The Bertz CT molecular complexity index is 205. The molecule has 2 heteroatoms. The van der Waals surface area contributed by atoms with E-state index in [-0.39, 0.29) is 0 Å². The van der Waals surface area contributed by atoms with Crippen LogP contribution < -0.4 is 0 Å². The van der Waals surface area contributed by atoms with Gasteiger partial charge >= 0.3 is 0 Å². The van der Waals surface area contributed by atoms with E-state index in [2.05, 4.69) is 23.6 Å². The fraction of sp³-hybridized carbons (Fsp3) is 1.00. The lowest BCUT2D eigenvalue weighted by molar-refractivity contribution is 0.0583. The van der Waals surface area contributed by atoms with Gasteiger partial charge in [-0.25, -0.2) is 0 Å². The van der Waals surface area contributed by atoms with Gasteiger partial charge in [0.2, 0.25) is 0 Å². The van der Waals surface area contributed by atoms with Crippen LogP contribution in [0.15, 0.2) is 0 Å². The third kappa shape index (κ3) is 2.98. The summed E-state index contributed by atoms with van der Waals surface area (Å²) in [6, 6.07) is 1.68. The average molecular weight is 224 g/mol. The zero-order chi connectivity index (χ0) is 11.4. The van der Waals surface area contributed by atoms with Gasteiger partial charge in [0.1, 0.15) is 0 Å². The zero-order valence-electron chi connectivity index (χ0n) is 11.1. The summed E-state index contributed by atoms with van der Waals surface area (Å²) in [6.45, 7) is 10.1. The lowest BCUT2D eigenvalue weighted by atomic mass is 10.1. The highest BCUT2D eigenvalue weighted by Gasteiger charge is 2.33. The van der Waals surface area contributed by atoms with Crippen LogP contribution in [-0.2, 0) is 0 Å². The molecule has 2 rings (SSSR count). The van der Waals surface area contributed by atoms with Gasteiger partial charge in [-0.05, 0) is 39.3 Å². The summed E-state index contributed by atoms with van der Waals surface area (Å²) >= 11 is 0. The lowest BCUT2D eigenvalue weighted by Gasteiger charge is -2.42. The van der Waals surface area contributed by atoms with E-state index in [1.807, 2.05) is 0 Å². The van der Waals surface area contributed by atoms with Crippen LogP contribution in [-0.4, -0.2) is 48.1 Å². The second-order valence-corrected chi connectivity index (χ2v) is 5.70. The first-order valence-electron chi connectivity index (χ1n) is 7.29. The van der Waals surface area contributed by atoms with E-state index < -0.39 is 0 Å². The minimum atomic E-state index is 0.788. The van der Waals surface area contributed by atoms with Crippen molar-refractivity contribution in [2.75, 3.05) is 26.2 Å². The molecule has 0 saturated carbocycles. The number of unbranched alkanes of at least 4 members (excludes halogenated alkanes) is 3. The number of nitrogens with zero attached hydrogens (tertiary/aromatic N) is 2. The van der Waals surface area contributed by atoms with Crippen molar-refractivity contribution in [3.05, 3.63) is 0 Å². The number of hydrogen-bond donors (Lipinski definition) is 0. The molecule has 2 saturated heterocycles. The predicted octanol–water partition coefficient (Wildman–Crippen LogP) is 2.74. The van der Waals surface area contributed by atoms with Crippen LogP contribution >= 0.6 is 0 Å². The SMILES string of the molecule is CCCCCCN1CC2CCCN2CC1C. The van der Waals surface area contributed by atoms with Gasteiger partial charge in [-0.3, -0.25) is 9.80 Å². The molecule has 2 aliphatic rings. The van der Waals surface area contributed by atoms with E-state index in [9.17, 15) is 0 Å². The maximum Gasteiger partial charge on any atom is 0.0224 e. The van der Waals surface area contributed by atoms with Crippen LogP contribution in [0.1, 0.15) is 52.4 Å². The fourth-order valence-electron chi connectivity index (χ4n) is 3.30. The quantitative estimate of drug-likeness (QED) is 0.663. The van der Waals surface area contributed by atoms with Crippen molar-refractivity contribution < 1.29 is 0 Å². The Hall–Kier alpha value is -0.0800. The first-order chi connectivity index (χ1) is 7.81. The Balaban J connectivity index is 1.72. The predicted molar refractivity (Wildman–Crippen MR) is 69.8 cm³/mol. The first kappa shape index (κ1) is 12.4. The van der Waals surface area contributed by atoms with Crippen LogP contribution in [0.4, 0.5) is 0 Å². The Morgan fingerprint density at radius 2 is 2.00 bits per heavy atom. The van der Waals surface area contributed by atoms with Crippen molar-refractivity contribution in [2.45, 2.75) is 64.5 Å². The number of hydrogen-bond acceptors (Lipinski definition) is 2. The smallest absolute Gasteiger partial charge is 0.0224 e. The minimum Gasteiger partial charge on any atom is -0.298 e. The van der Waals surface area contributed by atoms with Gasteiger partial charge in [0.15, 0.2) is 0 Å². The molecule has 0 bridgehead atoms. The van der Waals surface area contributed by atoms with Gasteiger partial charge in [0.25, 0.3) is 0 Å². The highest BCUT2D eigenvalue weighted by atomic mass is 15.3. The molecule has 0 amide bonds. The molecule has 0 aliphatic carbocycles. The van der Waals surface area contributed by atoms with E-state index in [0.29, 0.717) is 0 Å². The van der Waals surface area contributed by atoms with Crippen molar-refractivity contribution in [1.82, 2.24) is 9.80 Å². The van der Waals surface area contributed by atoms with E-state index in [0.717, 1.165) is 12.1 Å². The summed E-state index contributed by atoms with van der Waals surface area (Å²) in [6.07, 6.45) is 8.47. The molecule has 0 radical (unpaired) electrons. The Labute approximate surface area is 101 Å². The van der Waals surface area contributed by atoms with Crippen LogP contribution in [0, 0.1) is 0 Å². The van der Waals surface area contributed by atoms with Gasteiger partial charge in [-0.2, -0.15) is 0 Å². The largest absolute Gasteiger partial charge is 0.298 e. The maximum absolute atomic E-state index is 2.74. The monoisotopic (exact) mass is 224 g/mol. The number of rotatable bonds is 5. The molecule has 2 fully saturated rings. The highest BCUT2D eigenvalue weighted by molar-refractivity contribution is 4.90. The molecule has 94 valence electrons. The van der Waals surface area contributed by atoms with Gasteiger partial charge in [0, 0.05) is 25.2 Å². The van der Waals surface area contributed by atoms with E-state index in [1.54, 1.807) is 0 Å². The molecule has 2 heterocycles. The molecule has 0 aromatic carbocycles. The zero-order valence-corrected chi connectivity index (χ0v) is 11.1. The van der Waals surface area contributed by atoms with Gasteiger partial charge in [0.05, 0.1) is 0 Å². The van der Waals surface area contributed by atoms with Gasteiger partial charge in [-0.1, -0.05) is 26.2 Å². The number of piperazine rings is 1. The molecule has 16 heavy (non-hydrogen) atoms. The van der Waals surface area contributed by atoms with Crippen molar-refractivity contribution in [2.24, 2.45) is 0 Å². The lowest BCUT2D eigenvalue weighted by Crippen LogP contribution is -2.54. The topological polar surface area (TPSA) is 6.48 Å². The van der Waals surface area contributed by atoms with Crippen molar-refractivity contribution in [3.8, 4) is 0 Å². The van der Waals surface area contributed by atoms with Crippen molar-refractivity contribution in [1.29, 1.82) is 0 Å². The van der Waals surface area contributed by atoms with Crippen LogP contribution in [0.25, 0.3) is 0 Å². The van der Waals surface area contributed by atoms with Crippen LogP contribution in [0.5, 0.6) is 0 Å². The summed E-state index contributed by atoms with van der Waals surface area (Å²) in [7, 11) is 0. The summed E-state index contributed by atoms with van der Waals surface area (Å²) < 4.78 is 0. The second-order valence-electron chi connectivity index (χ2n) is 5.70. The van der Waals surface area contributed by atoms with Crippen molar-refractivity contribution >= 4 is 0 Å². The molecule has 2 nitrogen and oxygen atoms in total. The molecule has 0 N–H and O–H groups in total.